The molecule has 1 aromatic heterocycles. The lowest BCUT2D eigenvalue weighted by Crippen LogP contribution is -2.58. The predicted octanol–water partition coefficient (Wildman–Crippen LogP) is 4.63. The number of carboxylic acids is 2. The third-order valence-corrected chi connectivity index (χ3v) is 6.39. The molecule has 39 heavy (non-hydrogen) atoms. The number of anilines is 1. The summed E-state index contributed by atoms with van der Waals surface area (Å²) in [6.07, 6.45) is -2.68. The number of halogens is 3. The van der Waals surface area contributed by atoms with Crippen molar-refractivity contribution in [3.63, 3.8) is 0 Å². The summed E-state index contributed by atoms with van der Waals surface area (Å²) in [5, 5.41) is 14.8. The average molecular weight is 544 g/mol. The van der Waals surface area contributed by atoms with Crippen LogP contribution in [0.2, 0.25) is 0 Å². The first-order valence-electron chi connectivity index (χ1n) is 12.1. The Morgan fingerprint density at radius 2 is 1.44 bits per heavy atom. The minimum Gasteiger partial charge on any atom is -0.473 e. The molecule has 0 spiro atoms. The number of piperidine rings is 1. The van der Waals surface area contributed by atoms with Gasteiger partial charge in [-0.25, -0.2) is 9.59 Å². The van der Waals surface area contributed by atoms with E-state index in [1.807, 2.05) is 43.3 Å². The highest BCUT2D eigenvalue weighted by Gasteiger charge is 2.53. The van der Waals surface area contributed by atoms with Crippen LogP contribution in [-0.2, 0) is 26.5 Å². The quantitative estimate of drug-likeness (QED) is 0.452. The molecule has 0 bridgehead atoms. The zero-order valence-corrected chi connectivity index (χ0v) is 21.1. The second-order valence-corrected chi connectivity index (χ2v) is 9.10. The van der Waals surface area contributed by atoms with Crippen LogP contribution in [0.3, 0.4) is 0 Å². The number of likely N-dealkylation sites (tertiary alicyclic amines) is 1. The number of carbonyl (C=O) groups is 3. The maximum Gasteiger partial charge on any atom is 0.471 e. The van der Waals surface area contributed by atoms with Gasteiger partial charge in [0.15, 0.2) is 0 Å². The first kappa shape index (κ1) is 29.3. The normalized spacial score (nSPS) is 15.0. The van der Waals surface area contributed by atoms with Crippen molar-refractivity contribution >= 4 is 23.5 Å². The molecule has 1 aliphatic rings. The number of alkyl halides is 3. The molecule has 2 aromatic carbocycles. The molecule has 2 N–H and O–H groups in total. The number of amides is 1. The fraction of sp³-hybridized carbons (Fsp3) is 0.286. The molecule has 1 saturated heterocycles. The van der Waals surface area contributed by atoms with Crippen molar-refractivity contribution in [2.75, 3.05) is 18.0 Å². The smallest absolute Gasteiger partial charge is 0.471 e. The summed E-state index contributed by atoms with van der Waals surface area (Å²) in [6.45, 7) is 3.66. The lowest BCUT2D eigenvalue weighted by atomic mass is 9.81. The van der Waals surface area contributed by atoms with Crippen molar-refractivity contribution in [1.29, 1.82) is 0 Å². The maximum absolute atomic E-state index is 13.8. The van der Waals surface area contributed by atoms with Gasteiger partial charge in [0, 0.05) is 31.5 Å². The van der Waals surface area contributed by atoms with E-state index in [9.17, 15) is 18.0 Å². The molecule has 1 aliphatic heterocycles. The molecule has 4 rings (SSSR count). The molecule has 206 valence electrons. The molecule has 0 radical (unpaired) electrons. The highest BCUT2D eigenvalue weighted by Crippen LogP contribution is 2.43. The number of benzene rings is 2. The maximum atomic E-state index is 13.8. The number of hydrogen-bond donors (Lipinski definition) is 2. The summed E-state index contributed by atoms with van der Waals surface area (Å²) in [5.41, 5.74) is 1.55. The number of aliphatic carboxylic acids is 2. The first-order chi connectivity index (χ1) is 18.4. The van der Waals surface area contributed by atoms with E-state index in [1.54, 1.807) is 42.6 Å². The standard InChI is InChI=1S/C26H26F3N3O.C2H2O4/c1-20-12-13-23(30-18-20)25(14-16-31(17-15-25)19-21-8-4-2-5-9-21)32(24(33)26(27,28)29)22-10-6-3-7-11-22;3-1(4)2(5)6/h2-13,18H,14-17,19H2,1H3;(H,3,4)(H,5,6). The topological polar surface area (TPSA) is 111 Å². The van der Waals surface area contributed by atoms with Crippen molar-refractivity contribution in [2.24, 2.45) is 0 Å². The largest absolute Gasteiger partial charge is 0.473 e. The summed E-state index contributed by atoms with van der Waals surface area (Å²) >= 11 is 0. The summed E-state index contributed by atoms with van der Waals surface area (Å²) < 4.78 is 41.5. The third kappa shape index (κ3) is 7.41. The van der Waals surface area contributed by atoms with Gasteiger partial charge < -0.3 is 10.2 Å². The first-order valence-corrected chi connectivity index (χ1v) is 12.1. The van der Waals surface area contributed by atoms with E-state index in [4.69, 9.17) is 19.8 Å². The SMILES string of the molecule is Cc1ccc(C2(N(C(=O)C(F)(F)F)c3ccccc3)CCN(Cc3ccccc3)CC2)nc1.O=C(O)C(=O)O. The number of rotatable bonds is 5. The van der Waals surface area contributed by atoms with Gasteiger partial charge in [0.05, 0.1) is 11.2 Å². The Labute approximate surface area is 223 Å². The van der Waals surface area contributed by atoms with Crippen LogP contribution < -0.4 is 4.90 Å². The summed E-state index contributed by atoms with van der Waals surface area (Å²) in [6, 6.07) is 21.7. The Bertz CT molecular complexity index is 1250. The Morgan fingerprint density at radius 3 is 1.90 bits per heavy atom. The van der Waals surface area contributed by atoms with Crippen LogP contribution in [0, 0.1) is 6.92 Å². The lowest BCUT2D eigenvalue weighted by Gasteiger charge is -2.48. The van der Waals surface area contributed by atoms with Gasteiger partial charge in [0.25, 0.3) is 0 Å². The number of pyridine rings is 1. The number of nitrogens with zero attached hydrogens (tertiary/aromatic N) is 3. The van der Waals surface area contributed by atoms with Crippen LogP contribution >= 0.6 is 0 Å². The third-order valence-electron chi connectivity index (χ3n) is 6.39. The van der Waals surface area contributed by atoms with Crippen LogP contribution in [0.1, 0.15) is 29.7 Å². The molecule has 0 atom stereocenters. The zero-order chi connectivity index (χ0) is 28.6. The summed E-state index contributed by atoms with van der Waals surface area (Å²) in [4.78, 5) is 38.7. The van der Waals surface area contributed by atoms with E-state index in [0.717, 1.165) is 16.0 Å². The number of hydrogen-bond acceptors (Lipinski definition) is 5. The number of aryl methyl sites for hydroxylation is 1. The average Bonchev–Trinajstić information content (AvgIpc) is 2.91. The van der Waals surface area contributed by atoms with Gasteiger partial charge in [0.1, 0.15) is 0 Å². The van der Waals surface area contributed by atoms with Crippen LogP contribution in [-0.4, -0.2) is 57.2 Å². The van der Waals surface area contributed by atoms with E-state index in [0.29, 0.717) is 38.2 Å². The Kier molecular flexibility index (Phi) is 9.42. The fourth-order valence-corrected chi connectivity index (χ4v) is 4.52. The molecule has 1 fully saturated rings. The van der Waals surface area contributed by atoms with Gasteiger partial charge in [-0.05, 0) is 49.1 Å². The molecule has 0 aliphatic carbocycles. The van der Waals surface area contributed by atoms with Crippen molar-refractivity contribution in [3.05, 3.63) is 95.8 Å². The van der Waals surface area contributed by atoms with E-state index < -0.39 is 29.6 Å². The molecule has 0 unspecified atom stereocenters. The van der Waals surface area contributed by atoms with Gasteiger partial charge >= 0.3 is 24.0 Å². The number of carboxylic acid groups (broad SMARTS) is 2. The zero-order valence-electron chi connectivity index (χ0n) is 21.1. The number of carbonyl (C=O) groups excluding carboxylic acids is 1. The summed E-state index contributed by atoms with van der Waals surface area (Å²) in [5.74, 6) is -5.52. The minimum absolute atomic E-state index is 0.221. The molecular weight excluding hydrogens is 515 g/mol. The van der Waals surface area contributed by atoms with Crippen LogP contribution in [0.15, 0.2) is 79.0 Å². The molecule has 1 amide bonds. The Hall–Kier alpha value is -4.25. The van der Waals surface area contributed by atoms with E-state index >= 15 is 0 Å². The highest BCUT2D eigenvalue weighted by molar-refractivity contribution is 6.27. The highest BCUT2D eigenvalue weighted by atomic mass is 19.4. The molecule has 8 nitrogen and oxygen atoms in total. The minimum atomic E-state index is -5.01. The van der Waals surface area contributed by atoms with E-state index in [1.165, 1.54) is 0 Å². The van der Waals surface area contributed by atoms with Crippen LogP contribution in [0.25, 0.3) is 0 Å². The number of para-hydroxylation sites is 1. The fourth-order valence-electron chi connectivity index (χ4n) is 4.52. The molecule has 0 saturated carbocycles. The van der Waals surface area contributed by atoms with Crippen molar-refractivity contribution in [1.82, 2.24) is 9.88 Å². The van der Waals surface area contributed by atoms with Gasteiger partial charge in [-0.1, -0.05) is 54.6 Å². The van der Waals surface area contributed by atoms with Crippen molar-refractivity contribution in [3.8, 4) is 0 Å². The lowest BCUT2D eigenvalue weighted by molar-refractivity contribution is -0.172. The molecule has 3 aromatic rings. The van der Waals surface area contributed by atoms with Crippen molar-refractivity contribution < 1.29 is 37.8 Å². The van der Waals surface area contributed by atoms with Gasteiger partial charge in [0.2, 0.25) is 0 Å². The second-order valence-electron chi connectivity index (χ2n) is 9.10. The Balaban J connectivity index is 0.000000631. The second kappa shape index (κ2) is 12.5. The Morgan fingerprint density at radius 1 is 0.897 bits per heavy atom. The van der Waals surface area contributed by atoms with Crippen LogP contribution in [0.4, 0.5) is 18.9 Å². The van der Waals surface area contributed by atoms with Gasteiger partial charge in [-0.2, -0.15) is 13.2 Å². The summed E-state index contributed by atoms with van der Waals surface area (Å²) in [7, 11) is 0. The molecular formula is C28H28F3N3O5. The van der Waals surface area contributed by atoms with Crippen molar-refractivity contribution in [2.45, 2.75) is 38.0 Å². The van der Waals surface area contributed by atoms with Gasteiger partial charge in [-0.15, -0.1) is 0 Å². The predicted molar refractivity (Wildman–Crippen MR) is 137 cm³/mol. The van der Waals surface area contributed by atoms with E-state index in [-0.39, 0.29) is 5.69 Å². The molecule has 2 heterocycles. The van der Waals surface area contributed by atoms with Crippen LogP contribution in [0.5, 0.6) is 0 Å². The number of aromatic nitrogens is 1. The monoisotopic (exact) mass is 543 g/mol. The van der Waals surface area contributed by atoms with Gasteiger partial charge in [-0.3, -0.25) is 19.6 Å². The van der Waals surface area contributed by atoms with E-state index in [2.05, 4.69) is 9.88 Å². The molecule has 11 heteroatoms.